The Bertz CT molecular complexity index is 332. The van der Waals surface area contributed by atoms with Gasteiger partial charge in [0.15, 0.2) is 0 Å². The van der Waals surface area contributed by atoms with E-state index >= 15 is 0 Å². The molecule has 0 spiro atoms. The number of pyridine rings is 1. The van der Waals surface area contributed by atoms with Gasteiger partial charge in [-0.2, -0.15) is 0 Å². The minimum atomic E-state index is -0.589. The number of aromatic nitrogens is 1. The van der Waals surface area contributed by atoms with Gasteiger partial charge in [-0.15, -0.1) is 0 Å². The predicted molar refractivity (Wildman–Crippen MR) is 47.1 cm³/mol. The highest BCUT2D eigenvalue weighted by atomic mass is 16.1. The number of nitrogens with one attached hydrogen (secondary N) is 1. The summed E-state index contributed by atoms with van der Waals surface area (Å²) in [5, 5.41) is 2.52. The average molecular weight is 179 g/mol. The van der Waals surface area contributed by atoms with Gasteiger partial charge >= 0.3 is 0 Å². The molecule has 0 atom stereocenters. The van der Waals surface area contributed by atoms with Gasteiger partial charge < -0.3 is 11.1 Å². The Balaban J connectivity index is 2.81. The Labute approximate surface area is 75.0 Å². The van der Waals surface area contributed by atoms with Crippen LogP contribution in [0.25, 0.3) is 0 Å². The van der Waals surface area contributed by atoms with Gasteiger partial charge in [0.1, 0.15) is 5.69 Å². The van der Waals surface area contributed by atoms with Crippen molar-refractivity contribution in [2.45, 2.75) is 6.92 Å². The van der Waals surface area contributed by atoms with E-state index in [0.717, 1.165) is 0 Å². The summed E-state index contributed by atoms with van der Waals surface area (Å²) >= 11 is 0. The first-order valence-electron chi connectivity index (χ1n) is 3.63. The molecular formula is C8H9N3O2. The van der Waals surface area contributed by atoms with Crippen LogP contribution in [-0.4, -0.2) is 16.8 Å². The van der Waals surface area contributed by atoms with Gasteiger partial charge in [-0.25, -0.2) is 4.98 Å². The quantitative estimate of drug-likeness (QED) is 0.677. The molecule has 0 saturated carbocycles. The molecule has 5 nitrogen and oxygen atoms in total. The number of hydrogen-bond donors (Lipinski definition) is 2. The van der Waals surface area contributed by atoms with E-state index in [0.29, 0.717) is 5.69 Å². The molecule has 3 N–H and O–H groups in total. The minimum Gasteiger partial charge on any atom is -0.364 e. The summed E-state index contributed by atoms with van der Waals surface area (Å²) in [7, 11) is 0. The molecule has 0 bridgehead atoms. The summed E-state index contributed by atoms with van der Waals surface area (Å²) in [4.78, 5) is 25.0. The molecule has 0 saturated heterocycles. The second-order valence-corrected chi connectivity index (χ2v) is 2.48. The number of amides is 2. The maximum Gasteiger partial charge on any atom is 0.267 e. The van der Waals surface area contributed by atoms with E-state index in [-0.39, 0.29) is 11.6 Å². The zero-order valence-electron chi connectivity index (χ0n) is 7.07. The third-order valence-corrected chi connectivity index (χ3v) is 1.34. The fraction of sp³-hybridized carbons (Fsp3) is 0.125. The molecule has 0 unspecified atom stereocenters. The number of rotatable bonds is 2. The predicted octanol–water partition coefficient (Wildman–Crippen LogP) is 0.139. The van der Waals surface area contributed by atoms with Crippen LogP contribution in [0.1, 0.15) is 17.4 Å². The van der Waals surface area contributed by atoms with Crippen LogP contribution in [-0.2, 0) is 4.79 Å². The lowest BCUT2D eigenvalue weighted by Crippen LogP contribution is -2.13. The lowest BCUT2D eigenvalue weighted by Gasteiger charge is -2.00. The van der Waals surface area contributed by atoms with Gasteiger partial charge in [0, 0.05) is 6.92 Å². The van der Waals surface area contributed by atoms with Gasteiger partial charge in [0.2, 0.25) is 5.91 Å². The molecule has 0 aliphatic rings. The van der Waals surface area contributed by atoms with Crippen molar-refractivity contribution in [3.8, 4) is 0 Å². The van der Waals surface area contributed by atoms with E-state index in [1.54, 1.807) is 6.07 Å². The van der Waals surface area contributed by atoms with Gasteiger partial charge in [-0.1, -0.05) is 0 Å². The Kier molecular flexibility index (Phi) is 2.59. The number of anilines is 1. The zero-order chi connectivity index (χ0) is 9.84. The van der Waals surface area contributed by atoms with Crippen molar-refractivity contribution < 1.29 is 9.59 Å². The van der Waals surface area contributed by atoms with Crippen LogP contribution in [0.4, 0.5) is 5.69 Å². The number of nitrogens with two attached hydrogens (primary N) is 1. The Morgan fingerprint density at radius 3 is 2.54 bits per heavy atom. The molecule has 5 heteroatoms. The molecule has 0 aliphatic heterocycles. The summed E-state index contributed by atoms with van der Waals surface area (Å²) in [5.41, 5.74) is 5.69. The smallest absolute Gasteiger partial charge is 0.267 e. The number of carbonyl (C=O) groups is 2. The van der Waals surface area contributed by atoms with Crippen molar-refractivity contribution in [1.29, 1.82) is 0 Å². The lowest BCUT2D eigenvalue weighted by molar-refractivity contribution is -0.114. The van der Waals surface area contributed by atoms with Crippen LogP contribution in [0, 0.1) is 0 Å². The second-order valence-electron chi connectivity index (χ2n) is 2.48. The molecular weight excluding hydrogens is 170 g/mol. The van der Waals surface area contributed by atoms with Crippen molar-refractivity contribution in [3.63, 3.8) is 0 Å². The molecule has 13 heavy (non-hydrogen) atoms. The number of carbonyl (C=O) groups excluding carboxylic acids is 2. The first kappa shape index (κ1) is 9.18. The molecule has 1 aromatic rings. The van der Waals surface area contributed by atoms with Gasteiger partial charge in [-0.05, 0) is 12.1 Å². The van der Waals surface area contributed by atoms with Crippen molar-refractivity contribution in [3.05, 3.63) is 24.0 Å². The van der Waals surface area contributed by atoms with Crippen LogP contribution in [0.15, 0.2) is 18.3 Å². The molecule has 1 rings (SSSR count). The van der Waals surface area contributed by atoms with E-state index < -0.39 is 5.91 Å². The fourth-order valence-electron chi connectivity index (χ4n) is 0.817. The van der Waals surface area contributed by atoms with E-state index in [2.05, 4.69) is 10.3 Å². The summed E-state index contributed by atoms with van der Waals surface area (Å²) in [6.45, 7) is 1.39. The molecule has 1 aromatic heterocycles. The number of primary amides is 1. The molecule has 0 fully saturated rings. The van der Waals surface area contributed by atoms with E-state index in [1.807, 2.05) is 0 Å². The number of hydrogen-bond acceptors (Lipinski definition) is 3. The van der Waals surface area contributed by atoms with Crippen LogP contribution >= 0.6 is 0 Å². The van der Waals surface area contributed by atoms with Crippen LogP contribution in [0.3, 0.4) is 0 Å². The Hall–Kier alpha value is -1.91. The van der Waals surface area contributed by atoms with Crippen LogP contribution in [0.2, 0.25) is 0 Å². The summed E-state index contributed by atoms with van der Waals surface area (Å²) in [6.07, 6.45) is 1.38. The van der Waals surface area contributed by atoms with Gasteiger partial charge in [0.25, 0.3) is 5.91 Å². The van der Waals surface area contributed by atoms with Crippen molar-refractivity contribution in [2.24, 2.45) is 5.73 Å². The van der Waals surface area contributed by atoms with E-state index in [1.165, 1.54) is 19.2 Å². The van der Waals surface area contributed by atoms with Crippen molar-refractivity contribution in [1.82, 2.24) is 4.98 Å². The third kappa shape index (κ3) is 2.55. The average Bonchev–Trinajstić information content (AvgIpc) is 2.04. The Morgan fingerprint density at radius 1 is 1.46 bits per heavy atom. The summed E-state index contributed by atoms with van der Waals surface area (Å²) in [5.74, 6) is -0.775. The maximum atomic E-state index is 10.6. The first-order valence-corrected chi connectivity index (χ1v) is 3.63. The second kappa shape index (κ2) is 3.66. The summed E-state index contributed by atoms with van der Waals surface area (Å²) < 4.78 is 0. The summed E-state index contributed by atoms with van der Waals surface area (Å²) in [6, 6.07) is 3.02. The third-order valence-electron chi connectivity index (χ3n) is 1.34. The van der Waals surface area contributed by atoms with Crippen molar-refractivity contribution in [2.75, 3.05) is 5.32 Å². The molecule has 1 heterocycles. The minimum absolute atomic E-state index is 0.175. The molecule has 0 aliphatic carbocycles. The molecule has 0 aromatic carbocycles. The van der Waals surface area contributed by atoms with Gasteiger partial charge in [0.05, 0.1) is 11.9 Å². The topological polar surface area (TPSA) is 85.1 Å². The first-order chi connectivity index (χ1) is 6.09. The lowest BCUT2D eigenvalue weighted by atomic mass is 10.3. The normalized spacial score (nSPS) is 9.31. The molecule has 68 valence electrons. The van der Waals surface area contributed by atoms with Crippen molar-refractivity contribution >= 4 is 17.5 Å². The Morgan fingerprint density at radius 2 is 2.15 bits per heavy atom. The number of nitrogens with zero attached hydrogens (tertiary/aromatic N) is 1. The van der Waals surface area contributed by atoms with Crippen LogP contribution < -0.4 is 11.1 Å². The monoisotopic (exact) mass is 179 g/mol. The van der Waals surface area contributed by atoms with Crippen LogP contribution in [0.5, 0.6) is 0 Å². The SMILES string of the molecule is CC(=O)Nc1ccc(C(N)=O)nc1. The van der Waals surface area contributed by atoms with E-state index in [4.69, 9.17) is 5.73 Å². The van der Waals surface area contributed by atoms with E-state index in [9.17, 15) is 9.59 Å². The highest BCUT2D eigenvalue weighted by molar-refractivity contribution is 5.92. The highest BCUT2D eigenvalue weighted by Gasteiger charge is 2.01. The standard InChI is InChI=1S/C8H9N3O2/c1-5(12)11-6-2-3-7(8(9)13)10-4-6/h2-4H,1H3,(H2,9,13)(H,11,12). The van der Waals surface area contributed by atoms with Gasteiger partial charge in [-0.3, -0.25) is 9.59 Å². The highest BCUT2D eigenvalue weighted by Crippen LogP contribution is 2.04. The fourth-order valence-corrected chi connectivity index (χ4v) is 0.817. The zero-order valence-corrected chi connectivity index (χ0v) is 7.07. The maximum absolute atomic E-state index is 10.6. The molecule has 2 amide bonds. The largest absolute Gasteiger partial charge is 0.364 e. The molecule has 0 radical (unpaired) electrons.